The highest BCUT2D eigenvalue weighted by Crippen LogP contribution is 2.33. The average molecular weight is 550 g/mol. The fraction of sp³-hybridized carbons (Fsp3) is 0.0417. The summed E-state index contributed by atoms with van der Waals surface area (Å²) in [5.74, 6) is 0.353. The number of benzene rings is 3. The van der Waals surface area contributed by atoms with Crippen molar-refractivity contribution in [3.63, 3.8) is 0 Å². The Bertz CT molecular complexity index is 1540. The zero-order valence-electron chi connectivity index (χ0n) is 17.9. The van der Waals surface area contributed by atoms with Crippen LogP contribution in [0.1, 0.15) is 5.56 Å². The molecule has 1 N–H and O–H groups in total. The second-order valence-electron chi connectivity index (χ2n) is 7.42. The molecule has 0 atom stereocenters. The lowest BCUT2D eigenvalue weighted by Crippen LogP contribution is -2.25. The standard InChI is InChI=1S/C24H16BrN5O4S/c25-17-8-5-15(6-9-17)12-26-29-21(16-7-10-22-19(11-16)27-23(31)13-34-22)14-35-24(29)28-18-3-1-2-4-20(18)30(32)33/h1-12,14H,13H2,(H,27,31). The van der Waals surface area contributed by atoms with Crippen molar-refractivity contribution in [1.82, 2.24) is 4.68 Å². The molecule has 4 aromatic rings. The number of ether oxygens (including phenoxy) is 1. The summed E-state index contributed by atoms with van der Waals surface area (Å²) < 4.78 is 8.03. The molecule has 0 bridgehead atoms. The number of hydrogen-bond donors (Lipinski definition) is 1. The zero-order chi connectivity index (χ0) is 24.4. The topological polar surface area (TPSA) is 111 Å². The maximum atomic E-state index is 11.8. The highest BCUT2D eigenvalue weighted by atomic mass is 79.9. The van der Waals surface area contributed by atoms with E-state index in [4.69, 9.17) is 4.74 Å². The summed E-state index contributed by atoms with van der Waals surface area (Å²) in [5.41, 5.74) is 3.02. The number of nitrogens with zero attached hydrogens (tertiary/aromatic N) is 4. The number of para-hydroxylation sites is 2. The number of nitro benzene ring substituents is 1. The van der Waals surface area contributed by atoms with Crippen LogP contribution in [0.25, 0.3) is 11.3 Å². The van der Waals surface area contributed by atoms with Crippen LogP contribution >= 0.6 is 27.3 Å². The number of anilines is 1. The molecule has 5 rings (SSSR count). The van der Waals surface area contributed by atoms with Crippen molar-refractivity contribution < 1.29 is 14.5 Å². The number of halogens is 1. The number of nitrogens with one attached hydrogen (secondary N) is 1. The molecule has 3 aromatic carbocycles. The van der Waals surface area contributed by atoms with Gasteiger partial charge in [0, 0.05) is 21.5 Å². The minimum absolute atomic E-state index is 0.0266. The van der Waals surface area contributed by atoms with E-state index in [1.54, 1.807) is 41.2 Å². The summed E-state index contributed by atoms with van der Waals surface area (Å²) in [5, 5.41) is 20.8. The molecule has 0 saturated heterocycles. The quantitative estimate of drug-likeness (QED) is 0.206. The van der Waals surface area contributed by atoms with Crippen LogP contribution < -0.4 is 14.9 Å². The van der Waals surface area contributed by atoms with Crippen molar-refractivity contribution in [2.45, 2.75) is 0 Å². The maximum absolute atomic E-state index is 11.8. The highest BCUT2D eigenvalue weighted by molar-refractivity contribution is 9.10. The Morgan fingerprint density at radius 3 is 2.74 bits per heavy atom. The first kappa shape index (κ1) is 22.7. The predicted octanol–water partition coefficient (Wildman–Crippen LogP) is 5.33. The molecule has 0 radical (unpaired) electrons. The van der Waals surface area contributed by atoms with E-state index in [2.05, 4.69) is 31.3 Å². The smallest absolute Gasteiger partial charge is 0.294 e. The molecule has 1 aliphatic rings. The fourth-order valence-electron chi connectivity index (χ4n) is 3.42. The fourth-order valence-corrected chi connectivity index (χ4v) is 4.53. The Balaban J connectivity index is 1.65. The van der Waals surface area contributed by atoms with Crippen molar-refractivity contribution in [2.75, 3.05) is 11.9 Å². The second kappa shape index (κ2) is 9.65. The summed E-state index contributed by atoms with van der Waals surface area (Å²) in [4.78, 5) is 27.8. The third kappa shape index (κ3) is 4.91. The molecular formula is C24H16BrN5O4S. The predicted molar refractivity (Wildman–Crippen MR) is 137 cm³/mol. The molecule has 0 aliphatic carbocycles. The van der Waals surface area contributed by atoms with Crippen LogP contribution in [0.3, 0.4) is 0 Å². The lowest BCUT2D eigenvalue weighted by molar-refractivity contribution is -0.384. The molecule has 0 unspecified atom stereocenters. The molecule has 1 amide bonds. The monoisotopic (exact) mass is 549 g/mol. The minimum Gasteiger partial charge on any atom is -0.482 e. The van der Waals surface area contributed by atoms with Gasteiger partial charge in [0.05, 0.1) is 22.5 Å². The maximum Gasteiger partial charge on any atom is 0.294 e. The number of nitro groups is 1. The van der Waals surface area contributed by atoms with E-state index < -0.39 is 4.92 Å². The van der Waals surface area contributed by atoms with Crippen molar-refractivity contribution in [3.05, 3.63) is 97.1 Å². The Morgan fingerprint density at radius 1 is 1.14 bits per heavy atom. The van der Waals surface area contributed by atoms with Crippen molar-refractivity contribution in [2.24, 2.45) is 10.1 Å². The highest BCUT2D eigenvalue weighted by Gasteiger charge is 2.18. The number of thiazole rings is 1. The third-order valence-corrected chi connectivity index (χ3v) is 6.43. The molecule has 1 aromatic heterocycles. The van der Waals surface area contributed by atoms with Crippen LogP contribution in [0.2, 0.25) is 0 Å². The molecule has 1 aliphatic heterocycles. The van der Waals surface area contributed by atoms with E-state index >= 15 is 0 Å². The van der Waals surface area contributed by atoms with Crippen molar-refractivity contribution in [1.29, 1.82) is 0 Å². The first-order valence-electron chi connectivity index (χ1n) is 10.3. The number of amides is 1. The van der Waals surface area contributed by atoms with E-state index in [-0.39, 0.29) is 23.9 Å². The molecule has 35 heavy (non-hydrogen) atoms. The van der Waals surface area contributed by atoms with Gasteiger partial charge in [-0.1, -0.05) is 40.2 Å². The normalized spacial score (nSPS) is 13.4. The molecule has 9 nitrogen and oxygen atoms in total. The number of aromatic nitrogens is 1. The largest absolute Gasteiger partial charge is 0.482 e. The summed E-state index contributed by atoms with van der Waals surface area (Å²) in [7, 11) is 0. The lowest BCUT2D eigenvalue weighted by atomic mass is 10.1. The van der Waals surface area contributed by atoms with Crippen LogP contribution in [-0.4, -0.2) is 28.3 Å². The van der Waals surface area contributed by atoms with Crippen LogP contribution in [0, 0.1) is 10.1 Å². The summed E-state index contributed by atoms with van der Waals surface area (Å²) in [6.45, 7) is -0.0266. The van der Waals surface area contributed by atoms with Gasteiger partial charge in [-0.25, -0.2) is 9.67 Å². The Hall–Kier alpha value is -4.09. The first-order valence-corrected chi connectivity index (χ1v) is 12.0. The van der Waals surface area contributed by atoms with Crippen LogP contribution in [-0.2, 0) is 4.79 Å². The zero-order valence-corrected chi connectivity index (χ0v) is 20.3. The van der Waals surface area contributed by atoms with Gasteiger partial charge in [-0.05, 0) is 42.0 Å². The molecule has 174 valence electrons. The van der Waals surface area contributed by atoms with Crippen LogP contribution in [0.4, 0.5) is 17.1 Å². The van der Waals surface area contributed by atoms with E-state index in [0.717, 1.165) is 15.6 Å². The van der Waals surface area contributed by atoms with Crippen molar-refractivity contribution in [3.8, 4) is 17.0 Å². The molecule has 2 heterocycles. The minimum atomic E-state index is -0.463. The van der Waals surface area contributed by atoms with Crippen LogP contribution in [0.5, 0.6) is 5.75 Å². The molecule has 0 saturated carbocycles. The van der Waals surface area contributed by atoms with Gasteiger partial charge in [-0.15, -0.1) is 11.3 Å². The second-order valence-corrected chi connectivity index (χ2v) is 9.17. The lowest BCUT2D eigenvalue weighted by Gasteiger charge is -2.18. The van der Waals surface area contributed by atoms with E-state index in [1.807, 2.05) is 35.7 Å². The number of carbonyl (C=O) groups is 1. The molecule has 11 heteroatoms. The Labute approximate surface area is 211 Å². The number of hydrogen-bond acceptors (Lipinski definition) is 7. The average Bonchev–Trinajstić information content (AvgIpc) is 3.25. The van der Waals surface area contributed by atoms with Crippen LogP contribution in [0.15, 0.2) is 86.7 Å². The molecular weight excluding hydrogens is 534 g/mol. The summed E-state index contributed by atoms with van der Waals surface area (Å²) in [6.07, 6.45) is 1.68. The van der Waals surface area contributed by atoms with E-state index in [0.29, 0.717) is 21.9 Å². The van der Waals surface area contributed by atoms with E-state index in [9.17, 15) is 14.9 Å². The van der Waals surface area contributed by atoms with Gasteiger partial charge in [-0.3, -0.25) is 14.9 Å². The van der Waals surface area contributed by atoms with Gasteiger partial charge in [-0.2, -0.15) is 5.10 Å². The van der Waals surface area contributed by atoms with Gasteiger partial charge < -0.3 is 10.1 Å². The summed E-state index contributed by atoms with van der Waals surface area (Å²) in [6, 6.07) is 19.4. The Kier molecular flexibility index (Phi) is 6.25. The van der Waals surface area contributed by atoms with Gasteiger partial charge >= 0.3 is 0 Å². The molecule has 0 fully saturated rings. The SMILES string of the molecule is O=C1COc2ccc(-c3csc(=Nc4ccccc4[N+](=O)[O-])n3N=Cc3ccc(Br)cc3)cc2N1. The van der Waals surface area contributed by atoms with Gasteiger partial charge in [0.2, 0.25) is 4.80 Å². The van der Waals surface area contributed by atoms with E-state index in [1.165, 1.54) is 17.4 Å². The molecule has 0 spiro atoms. The third-order valence-electron chi connectivity index (χ3n) is 5.08. The number of carbonyl (C=O) groups excluding carboxylic acids is 1. The van der Waals surface area contributed by atoms with Gasteiger partial charge in [0.1, 0.15) is 11.4 Å². The van der Waals surface area contributed by atoms with Crippen molar-refractivity contribution >= 4 is 56.5 Å². The first-order chi connectivity index (χ1) is 17.0. The summed E-state index contributed by atoms with van der Waals surface area (Å²) >= 11 is 4.72. The van der Waals surface area contributed by atoms with Gasteiger partial charge in [0.15, 0.2) is 6.61 Å². The Morgan fingerprint density at radius 2 is 1.94 bits per heavy atom. The van der Waals surface area contributed by atoms with Gasteiger partial charge in [0.25, 0.3) is 11.6 Å². The number of rotatable bonds is 5. The number of fused-ring (bicyclic) bond motifs is 1.